The smallest absolute Gasteiger partial charge is 0.411 e. The number of ether oxygens (including phenoxy) is 1. The van der Waals surface area contributed by atoms with Crippen LogP contribution < -0.4 is 5.32 Å². The molecule has 80 valence electrons. The van der Waals surface area contributed by atoms with Gasteiger partial charge < -0.3 is 4.74 Å². The van der Waals surface area contributed by atoms with Gasteiger partial charge in [0.15, 0.2) is 0 Å². The van der Waals surface area contributed by atoms with E-state index < -0.39 is 6.09 Å². The number of halogens is 1. The molecule has 0 aliphatic heterocycles. The van der Waals surface area contributed by atoms with Crippen LogP contribution in [0, 0.1) is 0 Å². The highest BCUT2D eigenvalue weighted by atomic mass is 35.5. The molecule has 1 rings (SSSR count). The summed E-state index contributed by atoms with van der Waals surface area (Å²) in [7, 11) is 0. The highest BCUT2D eigenvalue weighted by molar-refractivity contribution is 6.17. The van der Waals surface area contributed by atoms with Crippen LogP contribution in [0.1, 0.15) is 5.56 Å². The molecule has 0 radical (unpaired) electrons. The van der Waals surface area contributed by atoms with Gasteiger partial charge in [0, 0.05) is 11.6 Å². The summed E-state index contributed by atoms with van der Waals surface area (Å²) in [6, 6.07) is 7.23. The molecule has 1 N–H and O–H groups in total. The number of benzene rings is 1. The fourth-order valence-corrected chi connectivity index (χ4v) is 1.14. The molecule has 1 amide bonds. The third-order valence-corrected chi connectivity index (χ3v) is 2.00. The van der Waals surface area contributed by atoms with Gasteiger partial charge in [-0.15, -0.1) is 11.6 Å². The molecule has 0 unspecified atom stereocenters. The minimum atomic E-state index is -0.492. The van der Waals surface area contributed by atoms with Crippen molar-refractivity contribution in [2.75, 3.05) is 11.9 Å². The Kier molecular flexibility index (Phi) is 4.71. The van der Waals surface area contributed by atoms with Crippen molar-refractivity contribution in [3.63, 3.8) is 0 Å². The van der Waals surface area contributed by atoms with Gasteiger partial charge >= 0.3 is 6.09 Å². The molecule has 1 aromatic rings. The molecule has 0 aromatic heterocycles. The second-order valence-corrected chi connectivity index (χ2v) is 3.11. The van der Waals surface area contributed by atoms with Crippen molar-refractivity contribution in [2.24, 2.45) is 0 Å². The van der Waals surface area contributed by atoms with Gasteiger partial charge in [-0.2, -0.15) is 0 Å². The molecule has 0 saturated heterocycles. The summed E-state index contributed by atoms with van der Waals surface area (Å²) < 4.78 is 4.76. The molecular weight excluding hydrogens is 214 g/mol. The predicted molar refractivity (Wildman–Crippen MR) is 61.2 cm³/mol. The molecule has 0 heterocycles. The summed E-state index contributed by atoms with van der Waals surface area (Å²) in [5.74, 6) is 0.460. The van der Waals surface area contributed by atoms with Crippen LogP contribution in [-0.2, 0) is 10.6 Å². The molecule has 4 heteroatoms. The fourth-order valence-electron chi connectivity index (χ4n) is 0.966. The zero-order valence-corrected chi connectivity index (χ0v) is 8.96. The van der Waals surface area contributed by atoms with E-state index in [1.807, 2.05) is 12.1 Å². The highest BCUT2D eigenvalue weighted by Gasteiger charge is 2.01. The average molecular weight is 226 g/mol. The van der Waals surface area contributed by atoms with Crippen LogP contribution in [0.3, 0.4) is 0 Å². The van der Waals surface area contributed by atoms with Crippen LogP contribution in [0.2, 0.25) is 0 Å². The number of anilines is 1. The zero-order chi connectivity index (χ0) is 11.1. The van der Waals surface area contributed by atoms with E-state index in [0.717, 1.165) is 5.56 Å². The average Bonchev–Trinajstić information content (AvgIpc) is 2.27. The van der Waals surface area contributed by atoms with Crippen molar-refractivity contribution in [1.29, 1.82) is 0 Å². The third-order valence-electron chi connectivity index (χ3n) is 1.69. The molecule has 0 bridgehead atoms. The molecular formula is C11H12ClNO2. The van der Waals surface area contributed by atoms with Crippen LogP contribution in [0.25, 0.3) is 0 Å². The highest BCUT2D eigenvalue weighted by Crippen LogP contribution is 2.11. The number of rotatable bonds is 4. The molecule has 1 aromatic carbocycles. The van der Waals surface area contributed by atoms with Crippen LogP contribution in [0.5, 0.6) is 0 Å². The third kappa shape index (κ3) is 4.04. The zero-order valence-electron chi connectivity index (χ0n) is 8.20. The van der Waals surface area contributed by atoms with Gasteiger partial charge in [-0.05, 0) is 17.7 Å². The van der Waals surface area contributed by atoms with E-state index in [4.69, 9.17) is 16.3 Å². The maximum Gasteiger partial charge on any atom is 0.411 e. The Bertz CT molecular complexity index is 335. The fraction of sp³-hybridized carbons (Fsp3) is 0.182. The molecule has 0 spiro atoms. The summed E-state index contributed by atoms with van der Waals surface area (Å²) in [6.07, 6.45) is 1.02. The molecule has 0 saturated carbocycles. The van der Waals surface area contributed by atoms with Crippen LogP contribution >= 0.6 is 11.6 Å². The SMILES string of the molecule is C=CCOC(=O)Nc1ccc(CCl)cc1. The van der Waals surface area contributed by atoms with E-state index in [2.05, 4.69) is 11.9 Å². The molecule has 0 aliphatic carbocycles. The largest absolute Gasteiger partial charge is 0.445 e. The second kappa shape index (κ2) is 6.09. The van der Waals surface area contributed by atoms with Crippen molar-refractivity contribution >= 4 is 23.4 Å². The standard InChI is InChI=1S/C11H12ClNO2/c1-2-7-15-11(14)13-10-5-3-9(8-12)4-6-10/h2-6H,1,7-8H2,(H,13,14). The van der Waals surface area contributed by atoms with Crippen molar-refractivity contribution in [1.82, 2.24) is 0 Å². The van der Waals surface area contributed by atoms with Gasteiger partial charge in [0.25, 0.3) is 0 Å². The number of amides is 1. The van der Waals surface area contributed by atoms with Crippen LogP contribution in [0.4, 0.5) is 10.5 Å². The number of nitrogens with one attached hydrogen (secondary N) is 1. The van der Waals surface area contributed by atoms with E-state index in [-0.39, 0.29) is 6.61 Å². The quantitative estimate of drug-likeness (QED) is 0.632. The van der Waals surface area contributed by atoms with Crippen molar-refractivity contribution in [3.05, 3.63) is 42.5 Å². The van der Waals surface area contributed by atoms with Gasteiger partial charge in [-0.25, -0.2) is 4.79 Å². The monoisotopic (exact) mass is 225 g/mol. The first-order valence-corrected chi connectivity index (χ1v) is 4.99. The Morgan fingerprint density at radius 3 is 2.67 bits per heavy atom. The van der Waals surface area contributed by atoms with Gasteiger partial charge in [0.05, 0.1) is 0 Å². The van der Waals surface area contributed by atoms with Crippen LogP contribution in [-0.4, -0.2) is 12.7 Å². The minimum absolute atomic E-state index is 0.200. The van der Waals surface area contributed by atoms with E-state index in [0.29, 0.717) is 11.6 Å². The first-order chi connectivity index (χ1) is 7.26. The normalized spacial score (nSPS) is 9.40. The number of carbonyl (C=O) groups excluding carboxylic acids is 1. The summed E-state index contributed by atoms with van der Waals surface area (Å²) >= 11 is 5.63. The Hall–Kier alpha value is -1.48. The predicted octanol–water partition coefficient (Wildman–Crippen LogP) is 3.16. The van der Waals surface area contributed by atoms with Crippen LogP contribution in [0.15, 0.2) is 36.9 Å². The summed E-state index contributed by atoms with van der Waals surface area (Å²) in [5, 5.41) is 2.58. The summed E-state index contributed by atoms with van der Waals surface area (Å²) in [6.45, 7) is 3.64. The minimum Gasteiger partial charge on any atom is -0.445 e. The first kappa shape index (κ1) is 11.6. The topological polar surface area (TPSA) is 38.3 Å². The van der Waals surface area contributed by atoms with Gasteiger partial charge in [0.2, 0.25) is 0 Å². The number of hydrogen-bond donors (Lipinski definition) is 1. The van der Waals surface area contributed by atoms with Gasteiger partial charge in [-0.3, -0.25) is 5.32 Å². The number of hydrogen-bond acceptors (Lipinski definition) is 2. The Labute approximate surface area is 93.7 Å². The van der Waals surface area contributed by atoms with E-state index in [1.165, 1.54) is 6.08 Å². The Morgan fingerprint density at radius 2 is 2.13 bits per heavy atom. The molecule has 3 nitrogen and oxygen atoms in total. The van der Waals surface area contributed by atoms with Crippen molar-refractivity contribution < 1.29 is 9.53 Å². The van der Waals surface area contributed by atoms with E-state index >= 15 is 0 Å². The lowest BCUT2D eigenvalue weighted by atomic mass is 10.2. The number of alkyl halides is 1. The lowest BCUT2D eigenvalue weighted by Crippen LogP contribution is -2.13. The van der Waals surface area contributed by atoms with E-state index in [9.17, 15) is 4.79 Å². The van der Waals surface area contributed by atoms with Crippen molar-refractivity contribution in [2.45, 2.75) is 5.88 Å². The van der Waals surface area contributed by atoms with Crippen molar-refractivity contribution in [3.8, 4) is 0 Å². The van der Waals surface area contributed by atoms with E-state index in [1.54, 1.807) is 12.1 Å². The number of carbonyl (C=O) groups is 1. The summed E-state index contributed by atoms with van der Waals surface area (Å²) in [5.41, 5.74) is 1.68. The molecule has 0 fully saturated rings. The maximum absolute atomic E-state index is 11.1. The summed E-state index contributed by atoms with van der Waals surface area (Å²) in [4.78, 5) is 11.1. The Morgan fingerprint density at radius 1 is 1.47 bits per heavy atom. The second-order valence-electron chi connectivity index (χ2n) is 2.84. The lowest BCUT2D eigenvalue weighted by Gasteiger charge is -2.05. The first-order valence-electron chi connectivity index (χ1n) is 4.46. The molecule has 0 aliphatic rings. The van der Waals surface area contributed by atoms with Gasteiger partial charge in [-0.1, -0.05) is 24.8 Å². The van der Waals surface area contributed by atoms with Gasteiger partial charge in [0.1, 0.15) is 6.61 Å². The molecule has 0 atom stereocenters. The Balaban J connectivity index is 2.49. The molecule has 15 heavy (non-hydrogen) atoms. The lowest BCUT2D eigenvalue weighted by molar-refractivity contribution is 0.174. The maximum atomic E-state index is 11.1.